The fourth-order valence-electron chi connectivity index (χ4n) is 2.63. The molecule has 0 aromatic carbocycles. The van der Waals surface area contributed by atoms with Crippen LogP contribution in [-0.2, 0) is 9.47 Å². The summed E-state index contributed by atoms with van der Waals surface area (Å²) >= 11 is 4.48. The molecular weight excluding hydrogens is 208 g/mol. The van der Waals surface area contributed by atoms with Gasteiger partial charge in [-0.05, 0) is 25.0 Å². The fraction of sp³-hybridized carbons (Fsp3) is 1.00. The molecule has 0 N–H and O–H groups in total. The molecule has 0 radical (unpaired) electrons. The molecule has 1 saturated carbocycles. The lowest BCUT2D eigenvalue weighted by atomic mass is 9.90. The highest BCUT2D eigenvalue weighted by Crippen LogP contribution is 2.39. The molecule has 1 saturated heterocycles. The lowest BCUT2D eigenvalue weighted by molar-refractivity contribution is 0.0346. The van der Waals surface area contributed by atoms with E-state index in [4.69, 9.17) is 9.47 Å². The van der Waals surface area contributed by atoms with Crippen molar-refractivity contribution >= 4 is 12.6 Å². The number of rotatable bonds is 5. The van der Waals surface area contributed by atoms with Gasteiger partial charge in [-0.25, -0.2) is 0 Å². The van der Waals surface area contributed by atoms with Crippen molar-refractivity contribution in [2.24, 2.45) is 11.3 Å². The van der Waals surface area contributed by atoms with Gasteiger partial charge in [0.2, 0.25) is 0 Å². The van der Waals surface area contributed by atoms with Gasteiger partial charge >= 0.3 is 0 Å². The summed E-state index contributed by atoms with van der Waals surface area (Å²) in [6.45, 7) is 3.61. The summed E-state index contributed by atoms with van der Waals surface area (Å²) in [5.74, 6) is 1.62. The van der Waals surface area contributed by atoms with Crippen LogP contribution in [0.1, 0.15) is 32.1 Å². The molecule has 0 bridgehead atoms. The average Bonchev–Trinajstić information content (AvgIpc) is 2.89. The van der Waals surface area contributed by atoms with Crippen LogP contribution in [0.2, 0.25) is 0 Å². The molecule has 2 nitrogen and oxygen atoms in total. The zero-order chi connectivity index (χ0) is 10.6. The predicted molar refractivity (Wildman–Crippen MR) is 64.5 cm³/mol. The summed E-state index contributed by atoms with van der Waals surface area (Å²) < 4.78 is 11.2. The van der Waals surface area contributed by atoms with Crippen LogP contribution in [-0.4, -0.2) is 32.2 Å². The van der Waals surface area contributed by atoms with Gasteiger partial charge < -0.3 is 9.47 Å². The molecule has 88 valence electrons. The third-order valence-corrected chi connectivity index (χ3v) is 4.46. The van der Waals surface area contributed by atoms with Crippen LogP contribution >= 0.6 is 12.6 Å². The summed E-state index contributed by atoms with van der Waals surface area (Å²) in [5, 5.41) is 0. The molecule has 2 aliphatic rings. The lowest BCUT2D eigenvalue weighted by Gasteiger charge is -2.27. The standard InChI is InChI=1S/C12H22O2S/c15-10-12(4-1-2-5-12)9-14-8-11-3-6-13-7-11/h11,15H,1-10H2. The fourth-order valence-corrected chi connectivity index (χ4v) is 3.04. The van der Waals surface area contributed by atoms with E-state index in [1.54, 1.807) is 0 Å². The van der Waals surface area contributed by atoms with Gasteiger partial charge in [0.15, 0.2) is 0 Å². The third-order valence-electron chi connectivity index (χ3n) is 3.79. The number of ether oxygens (including phenoxy) is 2. The number of hydrogen-bond donors (Lipinski definition) is 1. The second-order valence-corrected chi connectivity index (χ2v) is 5.43. The number of hydrogen-bond acceptors (Lipinski definition) is 3. The quantitative estimate of drug-likeness (QED) is 0.732. The largest absolute Gasteiger partial charge is 0.381 e. The molecule has 0 aromatic rings. The second kappa shape index (κ2) is 5.55. The highest BCUT2D eigenvalue weighted by molar-refractivity contribution is 7.80. The normalized spacial score (nSPS) is 29.8. The molecule has 2 rings (SSSR count). The van der Waals surface area contributed by atoms with Crippen LogP contribution in [0.15, 0.2) is 0 Å². The van der Waals surface area contributed by atoms with E-state index in [1.807, 2.05) is 0 Å². The first-order valence-corrected chi connectivity index (χ1v) is 6.74. The smallest absolute Gasteiger partial charge is 0.0530 e. The Morgan fingerprint density at radius 2 is 2.13 bits per heavy atom. The lowest BCUT2D eigenvalue weighted by Crippen LogP contribution is -2.27. The van der Waals surface area contributed by atoms with Gasteiger partial charge in [-0.2, -0.15) is 12.6 Å². The minimum absolute atomic E-state index is 0.391. The monoisotopic (exact) mass is 230 g/mol. The first-order chi connectivity index (χ1) is 7.35. The molecule has 15 heavy (non-hydrogen) atoms. The van der Waals surface area contributed by atoms with E-state index < -0.39 is 0 Å². The molecule has 3 heteroatoms. The Labute approximate surface area is 98.1 Å². The summed E-state index contributed by atoms with van der Waals surface area (Å²) in [6.07, 6.45) is 6.50. The van der Waals surface area contributed by atoms with Crippen molar-refractivity contribution in [3.05, 3.63) is 0 Å². The second-order valence-electron chi connectivity index (χ2n) is 5.11. The molecule has 1 unspecified atom stereocenters. The molecule has 0 amide bonds. The highest BCUT2D eigenvalue weighted by atomic mass is 32.1. The minimum Gasteiger partial charge on any atom is -0.381 e. The van der Waals surface area contributed by atoms with E-state index in [9.17, 15) is 0 Å². The topological polar surface area (TPSA) is 18.5 Å². The number of thiol groups is 1. The molecule has 1 aliphatic carbocycles. The van der Waals surface area contributed by atoms with E-state index in [-0.39, 0.29) is 0 Å². The van der Waals surface area contributed by atoms with Crippen LogP contribution in [0, 0.1) is 11.3 Å². The SMILES string of the molecule is SCC1(COCC2CCOC2)CCCC1. The van der Waals surface area contributed by atoms with E-state index in [0.717, 1.165) is 32.2 Å². The predicted octanol–water partition coefficient (Wildman–Crippen LogP) is 2.53. The molecule has 0 spiro atoms. The van der Waals surface area contributed by atoms with Crippen molar-refractivity contribution in [2.45, 2.75) is 32.1 Å². The molecule has 1 heterocycles. The summed E-state index contributed by atoms with van der Waals surface area (Å²) in [5.41, 5.74) is 0.391. The zero-order valence-corrected chi connectivity index (χ0v) is 10.3. The summed E-state index contributed by atoms with van der Waals surface area (Å²) in [6, 6.07) is 0. The third kappa shape index (κ3) is 3.11. The average molecular weight is 230 g/mol. The van der Waals surface area contributed by atoms with E-state index in [1.165, 1.54) is 32.1 Å². The Kier molecular flexibility index (Phi) is 4.35. The Morgan fingerprint density at radius 1 is 1.33 bits per heavy atom. The van der Waals surface area contributed by atoms with Gasteiger partial charge in [0, 0.05) is 17.9 Å². The van der Waals surface area contributed by atoms with Gasteiger partial charge in [0.25, 0.3) is 0 Å². The van der Waals surface area contributed by atoms with E-state index in [2.05, 4.69) is 12.6 Å². The van der Waals surface area contributed by atoms with Crippen LogP contribution in [0.3, 0.4) is 0 Å². The first-order valence-electron chi connectivity index (χ1n) is 6.11. The van der Waals surface area contributed by atoms with Gasteiger partial charge in [-0.3, -0.25) is 0 Å². The Morgan fingerprint density at radius 3 is 2.73 bits per heavy atom. The summed E-state index contributed by atoms with van der Waals surface area (Å²) in [7, 11) is 0. The van der Waals surface area contributed by atoms with Gasteiger partial charge in [0.1, 0.15) is 0 Å². The molecular formula is C12H22O2S. The van der Waals surface area contributed by atoms with Crippen molar-refractivity contribution in [2.75, 3.05) is 32.2 Å². The molecule has 1 atom stereocenters. The maximum absolute atomic E-state index is 5.87. The van der Waals surface area contributed by atoms with Crippen LogP contribution < -0.4 is 0 Å². The van der Waals surface area contributed by atoms with Crippen molar-refractivity contribution in [1.82, 2.24) is 0 Å². The molecule has 1 aliphatic heterocycles. The van der Waals surface area contributed by atoms with Crippen LogP contribution in [0.5, 0.6) is 0 Å². The van der Waals surface area contributed by atoms with E-state index >= 15 is 0 Å². The minimum atomic E-state index is 0.391. The van der Waals surface area contributed by atoms with Gasteiger partial charge in [-0.15, -0.1) is 0 Å². The van der Waals surface area contributed by atoms with Crippen LogP contribution in [0.4, 0.5) is 0 Å². The maximum atomic E-state index is 5.87. The van der Waals surface area contributed by atoms with Crippen molar-refractivity contribution < 1.29 is 9.47 Å². The maximum Gasteiger partial charge on any atom is 0.0530 e. The van der Waals surface area contributed by atoms with Crippen LogP contribution in [0.25, 0.3) is 0 Å². The van der Waals surface area contributed by atoms with Gasteiger partial charge in [-0.1, -0.05) is 12.8 Å². The van der Waals surface area contributed by atoms with E-state index in [0.29, 0.717) is 11.3 Å². The van der Waals surface area contributed by atoms with Crippen molar-refractivity contribution in [3.8, 4) is 0 Å². The highest BCUT2D eigenvalue weighted by Gasteiger charge is 2.33. The summed E-state index contributed by atoms with van der Waals surface area (Å²) in [4.78, 5) is 0. The molecule has 0 aromatic heterocycles. The Bertz CT molecular complexity index is 184. The first kappa shape index (κ1) is 11.7. The zero-order valence-electron chi connectivity index (χ0n) is 9.41. The Hall–Kier alpha value is 0.270. The van der Waals surface area contributed by atoms with Gasteiger partial charge in [0.05, 0.1) is 19.8 Å². The van der Waals surface area contributed by atoms with Crippen molar-refractivity contribution in [1.29, 1.82) is 0 Å². The van der Waals surface area contributed by atoms with Crippen molar-refractivity contribution in [3.63, 3.8) is 0 Å². The Balaban J connectivity index is 1.67. The molecule has 2 fully saturated rings.